The highest BCUT2D eigenvalue weighted by Crippen LogP contribution is 2.35. The number of nitrogens with two attached hydrogens (primary N) is 1. The molecule has 0 radical (unpaired) electrons. The van der Waals surface area contributed by atoms with Crippen molar-refractivity contribution in [2.45, 2.75) is 5.92 Å². The highest BCUT2D eigenvalue weighted by atomic mass is 19.1. The number of rotatable bonds is 6. The molecule has 30 heavy (non-hydrogen) atoms. The van der Waals surface area contributed by atoms with E-state index in [1.807, 2.05) is 12.1 Å². The second kappa shape index (κ2) is 7.87. The zero-order valence-corrected chi connectivity index (χ0v) is 16.3. The summed E-state index contributed by atoms with van der Waals surface area (Å²) in [6, 6.07) is 8.16. The molecule has 1 aliphatic rings. The van der Waals surface area contributed by atoms with Crippen molar-refractivity contribution >= 4 is 23.9 Å². The van der Waals surface area contributed by atoms with Gasteiger partial charge in [0.15, 0.2) is 0 Å². The Balaban J connectivity index is 1.60. The largest absolute Gasteiger partial charge is 0.366 e. The maximum Gasteiger partial charge on any atom is 0.251 e. The molecule has 0 bridgehead atoms. The number of nitrogens with zero attached hydrogens (tertiary/aromatic N) is 4. The van der Waals surface area contributed by atoms with Gasteiger partial charge in [0.25, 0.3) is 5.91 Å². The van der Waals surface area contributed by atoms with Crippen molar-refractivity contribution in [1.29, 1.82) is 0 Å². The van der Waals surface area contributed by atoms with Crippen LogP contribution in [0.25, 0.3) is 23.4 Å². The lowest BCUT2D eigenvalue weighted by Gasteiger charge is -2.40. The molecule has 1 aliphatic heterocycles. The van der Waals surface area contributed by atoms with Crippen LogP contribution in [0.1, 0.15) is 33.2 Å². The summed E-state index contributed by atoms with van der Waals surface area (Å²) >= 11 is 0. The Morgan fingerprint density at radius 2 is 1.90 bits per heavy atom. The van der Waals surface area contributed by atoms with Crippen LogP contribution in [0.5, 0.6) is 0 Å². The third kappa shape index (κ3) is 3.45. The van der Waals surface area contributed by atoms with E-state index in [-0.39, 0.29) is 11.5 Å². The molecule has 1 saturated heterocycles. The SMILES string of the molecule is C=Cc1ccc(N2CC(c3nccnc3-c3ccc(F)c(C(N)=O)c3)C2)nc1C=C. The lowest BCUT2D eigenvalue weighted by Crippen LogP contribution is -2.46. The normalized spacial score (nSPS) is 13.6. The predicted molar refractivity (Wildman–Crippen MR) is 115 cm³/mol. The Hall–Kier alpha value is -3.87. The molecule has 0 atom stereocenters. The molecule has 1 fully saturated rings. The first-order chi connectivity index (χ1) is 14.5. The fourth-order valence-corrected chi connectivity index (χ4v) is 3.56. The molecule has 0 aliphatic carbocycles. The van der Waals surface area contributed by atoms with Crippen molar-refractivity contribution < 1.29 is 9.18 Å². The van der Waals surface area contributed by atoms with Gasteiger partial charge in [0.05, 0.1) is 22.6 Å². The van der Waals surface area contributed by atoms with E-state index in [2.05, 4.69) is 33.0 Å². The summed E-state index contributed by atoms with van der Waals surface area (Å²) in [5.41, 5.74) is 8.86. The zero-order valence-electron chi connectivity index (χ0n) is 16.3. The van der Waals surface area contributed by atoms with E-state index < -0.39 is 11.7 Å². The Morgan fingerprint density at radius 1 is 1.13 bits per heavy atom. The molecule has 150 valence electrons. The standard InChI is InChI=1S/C23H20FN5O/c1-3-14-6-8-20(28-19(14)4-2)29-12-16(13-29)22-21(26-9-10-27-22)15-5-7-18(24)17(11-15)23(25)30/h3-11,16H,1-2,12-13H2,(H2,25,30). The van der Waals surface area contributed by atoms with E-state index in [4.69, 9.17) is 5.73 Å². The van der Waals surface area contributed by atoms with Crippen molar-refractivity contribution in [3.05, 3.63) is 84.2 Å². The number of amides is 1. The predicted octanol–water partition coefficient (Wildman–Crippen LogP) is 3.67. The molecule has 4 rings (SSSR count). The Bertz CT molecular complexity index is 1150. The number of aromatic nitrogens is 3. The number of benzene rings is 1. The van der Waals surface area contributed by atoms with Crippen LogP contribution in [0.15, 0.2) is 55.9 Å². The van der Waals surface area contributed by atoms with Crippen LogP contribution < -0.4 is 10.6 Å². The number of pyridine rings is 1. The molecule has 0 saturated carbocycles. The third-order valence-electron chi connectivity index (χ3n) is 5.18. The fraction of sp³-hybridized carbons (Fsp3) is 0.130. The van der Waals surface area contributed by atoms with Crippen LogP contribution in [0.3, 0.4) is 0 Å². The molecular formula is C23H20FN5O. The van der Waals surface area contributed by atoms with Gasteiger partial charge in [-0.3, -0.25) is 14.8 Å². The number of hydrogen-bond acceptors (Lipinski definition) is 5. The molecule has 1 amide bonds. The van der Waals surface area contributed by atoms with Gasteiger partial charge in [-0.1, -0.05) is 19.2 Å². The lowest BCUT2D eigenvalue weighted by atomic mass is 9.91. The molecule has 2 aromatic heterocycles. The van der Waals surface area contributed by atoms with Gasteiger partial charge in [-0.2, -0.15) is 0 Å². The summed E-state index contributed by atoms with van der Waals surface area (Å²) in [7, 11) is 0. The summed E-state index contributed by atoms with van der Waals surface area (Å²) in [5.74, 6) is -0.487. The average molecular weight is 401 g/mol. The van der Waals surface area contributed by atoms with Gasteiger partial charge >= 0.3 is 0 Å². The molecule has 2 N–H and O–H groups in total. The van der Waals surface area contributed by atoms with Gasteiger partial charge in [0, 0.05) is 37.0 Å². The van der Waals surface area contributed by atoms with Crippen LogP contribution in [-0.2, 0) is 0 Å². The van der Waals surface area contributed by atoms with Gasteiger partial charge in [-0.15, -0.1) is 0 Å². The molecular weight excluding hydrogens is 381 g/mol. The second-order valence-electron chi connectivity index (χ2n) is 7.00. The molecule has 0 unspecified atom stereocenters. The van der Waals surface area contributed by atoms with Gasteiger partial charge in [-0.05, 0) is 42.0 Å². The Morgan fingerprint density at radius 3 is 2.60 bits per heavy atom. The molecule has 7 heteroatoms. The topological polar surface area (TPSA) is 85.0 Å². The number of anilines is 1. The van der Waals surface area contributed by atoms with Gasteiger partial charge in [0.1, 0.15) is 11.6 Å². The Labute approximate surface area is 173 Å². The highest BCUT2D eigenvalue weighted by molar-refractivity contribution is 5.94. The lowest BCUT2D eigenvalue weighted by molar-refractivity contribution is 0.0996. The van der Waals surface area contributed by atoms with Gasteiger partial charge < -0.3 is 10.6 Å². The molecule has 3 heterocycles. The first-order valence-electron chi connectivity index (χ1n) is 9.43. The van der Waals surface area contributed by atoms with Crippen molar-refractivity contribution in [1.82, 2.24) is 15.0 Å². The van der Waals surface area contributed by atoms with Crippen molar-refractivity contribution in [2.24, 2.45) is 5.73 Å². The number of carbonyl (C=O) groups is 1. The maximum absolute atomic E-state index is 13.9. The summed E-state index contributed by atoms with van der Waals surface area (Å²) in [6.45, 7) is 9.03. The zero-order chi connectivity index (χ0) is 21.3. The van der Waals surface area contributed by atoms with Crippen molar-refractivity contribution in [3.63, 3.8) is 0 Å². The van der Waals surface area contributed by atoms with E-state index in [9.17, 15) is 9.18 Å². The minimum atomic E-state index is -0.818. The molecule has 3 aromatic rings. The quantitative estimate of drug-likeness (QED) is 0.681. The first kappa shape index (κ1) is 19.4. The van der Waals surface area contributed by atoms with E-state index in [1.54, 1.807) is 30.6 Å². The smallest absolute Gasteiger partial charge is 0.251 e. The summed E-state index contributed by atoms with van der Waals surface area (Å²) < 4.78 is 13.9. The van der Waals surface area contributed by atoms with Crippen LogP contribution >= 0.6 is 0 Å². The van der Waals surface area contributed by atoms with Crippen LogP contribution in [0, 0.1) is 5.82 Å². The van der Waals surface area contributed by atoms with E-state index in [0.29, 0.717) is 24.3 Å². The van der Waals surface area contributed by atoms with E-state index in [1.165, 1.54) is 12.1 Å². The van der Waals surface area contributed by atoms with Crippen LogP contribution in [0.2, 0.25) is 0 Å². The fourth-order valence-electron chi connectivity index (χ4n) is 3.56. The first-order valence-corrected chi connectivity index (χ1v) is 9.43. The summed E-state index contributed by atoms with van der Waals surface area (Å²) in [5, 5.41) is 0. The maximum atomic E-state index is 13.9. The van der Waals surface area contributed by atoms with Gasteiger partial charge in [0.2, 0.25) is 0 Å². The summed E-state index contributed by atoms with van der Waals surface area (Å²) in [6.07, 6.45) is 6.67. The number of primary amides is 1. The Kier molecular flexibility index (Phi) is 5.10. The third-order valence-corrected chi connectivity index (χ3v) is 5.18. The van der Waals surface area contributed by atoms with Crippen LogP contribution in [-0.4, -0.2) is 33.9 Å². The summed E-state index contributed by atoms with van der Waals surface area (Å²) in [4.78, 5) is 27.2. The highest BCUT2D eigenvalue weighted by Gasteiger charge is 2.32. The van der Waals surface area contributed by atoms with Crippen LogP contribution in [0.4, 0.5) is 10.2 Å². The van der Waals surface area contributed by atoms with Crippen molar-refractivity contribution in [3.8, 4) is 11.3 Å². The minimum absolute atomic E-state index is 0.129. The number of carbonyl (C=O) groups excluding carboxylic acids is 1. The second-order valence-corrected chi connectivity index (χ2v) is 7.00. The number of halogens is 1. The van der Waals surface area contributed by atoms with E-state index >= 15 is 0 Å². The molecule has 1 aromatic carbocycles. The van der Waals surface area contributed by atoms with Crippen molar-refractivity contribution in [2.75, 3.05) is 18.0 Å². The average Bonchev–Trinajstić information content (AvgIpc) is 2.73. The molecule has 6 nitrogen and oxygen atoms in total. The van der Waals surface area contributed by atoms with E-state index in [0.717, 1.165) is 22.8 Å². The van der Waals surface area contributed by atoms with Gasteiger partial charge in [-0.25, -0.2) is 9.37 Å². The minimum Gasteiger partial charge on any atom is -0.366 e. The monoisotopic (exact) mass is 401 g/mol. The molecule has 0 spiro atoms. The number of hydrogen-bond donors (Lipinski definition) is 1.